The lowest BCUT2D eigenvalue weighted by Gasteiger charge is -2.18. The number of hydrogen-bond acceptors (Lipinski definition) is 0. The minimum Gasteiger partial charge on any atom is -0.0599 e. The van der Waals surface area contributed by atoms with Gasteiger partial charge in [-0.15, -0.1) is 0 Å². The Kier molecular flexibility index (Phi) is 4.32. The van der Waals surface area contributed by atoms with Crippen LogP contribution in [0.5, 0.6) is 0 Å². The summed E-state index contributed by atoms with van der Waals surface area (Å²) in [5.41, 5.74) is 5.77. The molecule has 0 atom stereocenters. The Morgan fingerprint density at radius 1 is 0.750 bits per heavy atom. The molecular formula is C20H26. The predicted molar refractivity (Wildman–Crippen MR) is 89.1 cm³/mol. The average Bonchev–Trinajstić information content (AvgIpc) is 2.38. The Morgan fingerprint density at radius 2 is 1.20 bits per heavy atom. The highest BCUT2D eigenvalue weighted by molar-refractivity contribution is 5.64. The monoisotopic (exact) mass is 266 g/mol. The summed E-state index contributed by atoms with van der Waals surface area (Å²) in [5, 5.41) is 0. The van der Waals surface area contributed by atoms with Gasteiger partial charge in [0, 0.05) is 0 Å². The van der Waals surface area contributed by atoms with Crippen LogP contribution in [-0.4, -0.2) is 0 Å². The van der Waals surface area contributed by atoms with Gasteiger partial charge in [0.2, 0.25) is 0 Å². The lowest BCUT2D eigenvalue weighted by Crippen LogP contribution is -2.08. The van der Waals surface area contributed by atoms with Crippen molar-refractivity contribution in [2.45, 2.75) is 47.0 Å². The van der Waals surface area contributed by atoms with Crippen molar-refractivity contribution in [1.29, 1.82) is 0 Å². The molecule has 0 aliphatic carbocycles. The minimum absolute atomic E-state index is 0.348. The summed E-state index contributed by atoms with van der Waals surface area (Å²) < 4.78 is 0. The smallest absolute Gasteiger partial charge is 0.0184 e. The first-order valence-electron chi connectivity index (χ1n) is 7.54. The van der Waals surface area contributed by atoms with E-state index in [9.17, 15) is 0 Å². The van der Waals surface area contributed by atoms with Gasteiger partial charge in [-0.05, 0) is 40.0 Å². The van der Waals surface area contributed by atoms with E-state index in [0.29, 0.717) is 11.3 Å². The zero-order valence-corrected chi connectivity index (χ0v) is 13.4. The molecule has 0 heterocycles. The van der Waals surface area contributed by atoms with E-state index in [0.717, 1.165) is 6.42 Å². The van der Waals surface area contributed by atoms with E-state index in [1.165, 1.54) is 22.3 Å². The van der Waals surface area contributed by atoms with Crippen molar-refractivity contribution in [3.05, 3.63) is 59.7 Å². The third-order valence-corrected chi connectivity index (χ3v) is 3.60. The molecular weight excluding hydrogens is 240 g/mol. The number of rotatable bonds is 3. The van der Waals surface area contributed by atoms with Crippen LogP contribution < -0.4 is 0 Å². The molecule has 2 aromatic rings. The van der Waals surface area contributed by atoms with Crippen molar-refractivity contribution in [2.24, 2.45) is 5.41 Å². The lowest BCUT2D eigenvalue weighted by atomic mass is 9.87. The molecule has 0 nitrogen and oxygen atoms in total. The first kappa shape index (κ1) is 14.8. The maximum atomic E-state index is 2.28. The van der Waals surface area contributed by atoms with Gasteiger partial charge in [0.25, 0.3) is 0 Å². The van der Waals surface area contributed by atoms with E-state index in [1.807, 2.05) is 0 Å². The van der Waals surface area contributed by atoms with Gasteiger partial charge < -0.3 is 0 Å². The molecule has 106 valence electrons. The largest absolute Gasteiger partial charge is 0.0599 e. The van der Waals surface area contributed by atoms with E-state index in [1.54, 1.807) is 0 Å². The quantitative estimate of drug-likeness (QED) is 0.633. The molecule has 20 heavy (non-hydrogen) atoms. The van der Waals surface area contributed by atoms with Gasteiger partial charge >= 0.3 is 0 Å². The van der Waals surface area contributed by atoms with Crippen LogP contribution in [0, 0.1) is 5.41 Å². The molecule has 0 saturated heterocycles. The molecule has 0 amide bonds. The Hall–Kier alpha value is -1.56. The molecule has 2 rings (SSSR count). The van der Waals surface area contributed by atoms with Crippen LogP contribution in [0.15, 0.2) is 48.5 Å². The summed E-state index contributed by atoms with van der Waals surface area (Å²) in [5.74, 6) is 0.596. The van der Waals surface area contributed by atoms with E-state index >= 15 is 0 Å². The summed E-state index contributed by atoms with van der Waals surface area (Å²) in [4.78, 5) is 0. The second-order valence-corrected chi connectivity index (χ2v) is 7.21. The topological polar surface area (TPSA) is 0 Å². The first-order valence-corrected chi connectivity index (χ1v) is 7.54. The molecule has 2 aromatic carbocycles. The van der Waals surface area contributed by atoms with Crippen LogP contribution in [0.3, 0.4) is 0 Å². The predicted octanol–water partition coefficient (Wildman–Crippen LogP) is 6.07. The van der Waals surface area contributed by atoms with Crippen LogP contribution in [0.4, 0.5) is 0 Å². The number of benzene rings is 2. The normalized spacial score (nSPS) is 11.9. The molecule has 0 aliphatic rings. The second-order valence-electron chi connectivity index (χ2n) is 7.21. The highest BCUT2D eigenvalue weighted by Crippen LogP contribution is 2.25. The minimum atomic E-state index is 0.348. The average molecular weight is 266 g/mol. The zero-order chi connectivity index (χ0) is 14.8. The zero-order valence-electron chi connectivity index (χ0n) is 13.4. The van der Waals surface area contributed by atoms with Crippen LogP contribution in [0.25, 0.3) is 11.1 Å². The van der Waals surface area contributed by atoms with Gasteiger partial charge in [-0.2, -0.15) is 0 Å². The van der Waals surface area contributed by atoms with Crippen LogP contribution >= 0.6 is 0 Å². The highest BCUT2D eigenvalue weighted by Gasteiger charge is 2.11. The third-order valence-electron chi connectivity index (χ3n) is 3.60. The Balaban J connectivity index is 2.17. The maximum Gasteiger partial charge on any atom is -0.0184 e. The SMILES string of the molecule is CC(C)c1ccc(-c2ccc(CC(C)(C)C)cc2)cc1. The van der Waals surface area contributed by atoms with Crippen molar-refractivity contribution >= 4 is 0 Å². The summed E-state index contributed by atoms with van der Waals surface area (Å²) in [7, 11) is 0. The van der Waals surface area contributed by atoms with Crippen LogP contribution in [-0.2, 0) is 6.42 Å². The molecule has 0 bridgehead atoms. The molecule has 0 aliphatic heterocycles. The second kappa shape index (κ2) is 5.83. The Morgan fingerprint density at radius 3 is 1.60 bits per heavy atom. The van der Waals surface area contributed by atoms with Crippen molar-refractivity contribution < 1.29 is 0 Å². The fourth-order valence-corrected chi connectivity index (χ4v) is 2.49. The molecule has 0 aromatic heterocycles. The van der Waals surface area contributed by atoms with Gasteiger partial charge in [0.05, 0.1) is 0 Å². The van der Waals surface area contributed by atoms with Gasteiger partial charge in [0.1, 0.15) is 0 Å². The van der Waals surface area contributed by atoms with Crippen molar-refractivity contribution in [1.82, 2.24) is 0 Å². The van der Waals surface area contributed by atoms with E-state index in [-0.39, 0.29) is 0 Å². The fourth-order valence-electron chi connectivity index (χ4n) is 2.49. The molecule has 0 heteroatoms. The van der Waals surface area contributed by atoms with E-state index in [4.69, 9.17) is 0 Å². The summed E-state index contributed by atoms with van der Waals surface area (Å²) in [6.07, 6.45) is 1.12. The fraction of sp³-hybridized carbons (Fsp3) is 0.400. The Bertz CT molecular complexity index is 536. The lowest BCUT2D eigenvalue weighted by molar-refractivity contribution is 0.411. The summed E-state index contributed by atoms with van der Waals surface area (Å²) >= 11 is 0. The molecule has 0 N–H and O–H groups in total. The highest BCUT2D eigenvalue weighted by atomic mass is 14.2. The first-order chi connectivity index (χ1) is 9.35. The van der Waals surface area contributed by atoms with Crippen LogP contribution in [0.2, 0.25) is 0 Å². The Labute approximate surface area is 123 Å². The molecule has 0 saturated carbocycles. The molecule has 0 unspecified atom stereocenters. The van der Waals surface area contributed by atoms with Gasteiger partial charge in [0.15, 0.2) is 0 Å². The number of hydrogen-bond donors (Lipinski definition) is 0. The van der Waals surface area contributed by atoms with E-state index in [2.05, 4.69) is 83.1 Å². The van der Waals surface area contributed by atoms with Crippen molar-refractivity contribution in [3.8, 4) is 11.1 Å². The molecule has 0 fully saturated rings. The summed E-state index contributed by atoms with van der Waals surface area (Å²) in [6.45, 7) is 11.3. The maximum absolute atomic E-state index is 2.28. The van der Waals surface area contributed by atoms with Gasteiger partial charge in [-0.3, -0.25) is 0 Å². The van der Waals surface area contributed by atoms with Crippen LogP contribution in [0.1, 0.15) is 51.7 Å². The van der Waals surface area contributed by atoms with E-state index < -0.39 is 0 Å². The third kappa shape index (κ3) is 3.96. The standard InChI is InChI=1S/C20H26/c1-15(2)17-10-12-19(13-11-17)18-8-6-16(7-9-18)14-20(3,4)5/h6-13,15H,14H2,1-5H3. The van der Waals surface area contributed by atoms with Gasteiger partial charge in [-0.25, -0.2) is 0 Å². The van der Waals surface area contributed by atoms with Crippen molar-refractivity contribution in [2.75, 3.05) is 0 Å². The molecule has 0 radical (unpaired) electrons. The van der Waals surface area contributed by atoms with Gasteiger partial charge in [-0.1, -0.05) is 83.1 Å². The molecule has 0 spiro atoms. The summed E-state index contributed by atoms with van der Waals surface area (Å²) in [6, 6.07) is 17.9. The van der Waals surface area contributed by atoms with Crippen molar-refractivity contribution in [3.63, 3.8) is 0 Å².